The summed E-state index contributed by atoms with van der Waals surface area (Å²) in [5, 5.41) is 9.54. The second-order valence-electron chi connectivity index (χ2n) is 8.90. The summed E-state index contributed by atoms with van der Waals surface area (Å²) in [5.41, 5.74) is -3.71. The Kier molecular flexibility index (Phi) is 6.56. The number of carbonyl (C=O) groups excluding carboxylic acids is 1. The summed E-state index contributed by atoms with van der Waals surface area (Å²) in [5.74, 6) is -1.42. The van der Waals surface area contributed by atoms with Crippen LogP contribution in [0.2, 0.25) is 0 Å². The van der Waals surface area contributed by atoms with E-state index < -0.39 is 39.4 Å². The molecule has 1 saturated carbocycles. The maximum Gasteiger partial charge on any atom is 0.534 e. The highest BCUT2D eigenvalue weighted by atomic mass is 32.2. The van der Waals surface area contributed by atoms with Crippen LogP contribution in [-0.2, 0) is 21.3 Å². The van der Waals surface area contributed by atoms with Crippen molar-refractivity contribution >= 4 is 22.4 Å². The van der Waals surface area contributed by atoms with Crippen LogP contribution >= 0.6 is 0 Å². The smallest absolute Gasteiger partial charge is 0.485 e. The summed E-state index contributed by atoms with van der Waals surface area (Å²) >= 11 is 0. The first-order valence-electron chi connectivity index (χ1n) is 11.0. The van der Waals surface area contributed by atoms with Crippen molar-refractivity contribution in [3.8, 4) is 11.5 Å². The number of carboxylic acid groups (broad SMARTS) is 1. The molecule has 4 rings (SSSR count). The third-order valence-electron chi connectivity index (χ3n) is 6.49. The van der Waals surface area contributed by atoms with Gasteiger partial charge in [0.1, 0.15) is 11.9 Å². The Morgan fingerprint density at radius 3 is 2.49 bits per heavy atom. The SMILES string of the molecule is CC(C(=O)O)C(c1ccc2c(c1)OC(c1ccc(OS(=O)(=O)C(F)(F)F)c(C=O)c1)CC2)C1CC1. The molecule has 2 aliphatic rings. The minimum atomic E-state index is -5.92. The van der Waals surface area contributed by atoms with Crippen molar-refractivity contribution in [2.45, 2.75) is 50.1 Å². The lowest BCUT2D eigenvalue weighted by atomic mass is 9.82. The number of aliphatic carboxylic acids is 1. The summed E-state index contributed by atoms with van der Waals surface area (Å²) in [4.78, 5) is 23.1. The highest BCUT2D eigenvalue weighted by Gasteiger charge is 2.49. The molecule has 0 saturated heterocycles. The van der Waals surface area contributed by atoms with Crippen LogP contribution in [0.4, 0.5) is 13.2 Å². The number of carbonyl (C=O) groups is 2. The average molecular weight is 513 g/mol. The number of ether oxygens (including phenoxy) is 1. The topological polar surface area (TPSA) is 107 Å². The zero-order valence-electron chi connectivity index (χ0n) is 18.6. The second kappa shape index (κ2) is 9.18. The molecule has 0 aromatic heterocycles. The standard InChI is InChI=1S/C24H23F3O7S/c1-13(23(29)30)22(15-3-4-15)17-5-2-14-6-8-19(33-21(14)11-17)16-7-9-20(18(10-16)12-28)34-35(31,32)24(25,26)27/h2,5,7,9-13,15,19,22H,3-4,6,8H2,1H3,(H,29,30). The van der Waals surface area contributed by atoms with Crippen LogP contribution in [0.5, 0.6) is 11.5 Å². The number of hydrogen-bond acceptors (Lipinski definition) is 6. The van der Waals surface area contributed by atoms with E-state index in [1.54, 1.807) is 6.92 Å². The maximum atomic E-state index is 12.6. The quantitative estimate of drug-likeness (QED) is 0.301. The molecule has 11 heteroatoms. The van der Waals surface area contributed by atoms with Gasteiger partial charge >= 0.3 is 21.6 Å². The molecule has 3 unspecified atom stereocenters. The Morgan fingerprint density at radius 1 is 1.17 bits per heavy atom. The van der Waals surface area contributed by atoms with Gasteiger partial charge in [-0.2, -0.15) is 21.6 Å². The van der Waals surface area contributed by atoms with E-state index in [-0.39, 0.29) is 17.8 Å². The maximum absolute atomic E-state index is 12.6. The third-order valence-corrected chi connectivity index (χ3v) is 7.46. The summed E-state index contributed by atoms with van der Waals surface area (Å²) in [6.45, 7) is 1.69. The highest BCUT2D eigenvalue weighted by Crippen LogP contribution is 2.48. The monoisotopic (exact) mass is 512 g/mol. The van der Waals surface area contributed by atoms with E-state index >= 15 is 0 Å². The fourth-order valence-corrected chi connectivity index (χ4v) is 4.99. The number of carboxylic acids is 1. The Labute approximate surface area is 200 Å². The average Bonchev–Trinajstić information content (AvgIpc) is 3.63. The lowest BCUT2D eigenvalue weighted by molar-refractivity contribution is -0.142. The van der Waals surface area contributed by atoms with Crippen LogP contribution in [0.25, 0.3) is 0 Å². The fourth-order valence-electron chi connectivity index (χ4n) is 4.51. The van der Waals surface area contributed by atoms with Gasteiger partial charge in [0.15, 0.2) is 12.0 Å². The van der Waals surface area contributed by atoms with Gasteiger partial charge in [0.2, 0.25) is 0 Å². The molecule has 0 spiro atoms. The van der Waals surface area contributed by atoms with Gasteiger partial charge in [-0.25, -0.2) is 0 Å². The molecule has 1 aliphatic heterocycles. The zero-order valence-corrected chi connectivity index (χ0v) is 19.4. The van der Waals surface area contributed by atoms with Gasteiger partial charge in [0, 0.05) is 0 Å². The number of aryl methyl sites for hydroxylation is 1. The van der Waals surface area contributed by atoms with Crippen molar-refractivity contribution in [3.63, 3.8) is 0 Å². The molecule has 3 atom stereocenters. The van der Waals surface area contributed by atoms with Crippen LogP contribution in [0.1, 0.15) is 65.3 Å². The van der Waals surface area contributed by atoms with Crippen LogP contribution in [-0.4, -0.2) is 31.3 Å². The molecule has 1 N–H and O–H groups in total. The largest absolute Gasteiger partial charge is 0.534 e. The Balaban J connectivity index is 1.59. The highest BCUT2D eigenvalue weighted by molar-refractivity contribution is 7.88. The lowest BCUT2D eigenvalue weighted by Gasteiger charge is -2.29. The molecule has 0 bridgehead atoms. The van der Waals surface area contributed by atoms with Gasteiger partial charge in [0.25, 0.3) is 0 Å². The van der Waals surface area contributed by atoms with Crippen molar-refractivity contribution in [2.75, 3.05) is 0 Å². The molecule has 7 nitrogen and oxygen atoms in total. The van der Waals surface area contributed by atoms with E-state index in [1.165, 1.54) is 12.1 Å². The lowest BCUT2D eigenvalue weighted by Crippen LogP contribution is -2.28. The number of fused-ring (bicyclic) bond motifs is 1. The predicted octanol–water partition coefficient (Wildman–Crippen LogP) is 5.01. The van der Waals surface area contributed by atoms with Gasteiger partial charge in [-0.15, -0.1) is 0 Å². The van der Waals surface area contributed by atoms with Crippen molar-refractivity contribution < 1.29 is 45.2 Å². The molecule has 1 aliphatic carbocycles. The van der Waals surface area contributed by atoms with Crippen LogP contribution in [0.3, 0.4) is 0 Å². The van der Waals surface area contributed by atoms with Crippen molar-refractivity contribution in [1.29, 1.82) is 0 Å². The first-order valence-corrected chi connectivity index (χ1v) is 12.4. The van der Waals surface area contributed by atoms with E-state index in [1.807, 2.05) is 18.2 Å². The van der Waals surface area contributed by atoms with Crippen molar-refractivity contribution in [1.82, 2.24) is 0 Å². The van der Waals surface area contributed by atoms with E-state index in [0.717, 1.165) is 30.0 Å². The molecule has 0 radical (unpaired) electrons. The summed E-state index contributed by atoms with van der Waals surface area (Å²) in [7, 11) is -5.92. The number of benzene rings is 2. The fraction of sp³-hybridized carbons (Fsp3) is 0.417. The van der Waals surface area contributed by atoms with E-state index in [9.17, 15) is 36.3 Å². The van der Waals surface area contributed by atoms with Crippen LogP contribution in [0, 0.1) is 11.8 Å². The molecule has 188 valence electrons. The van der Waals surface area contributed by atoms with Crippen molar-refractivity contribution in [2.24, 2.45) is 11.8 Å². The molecule has 1 fully saturated rings. The van der Waals surface area contributed by atoms with Gasteiger partial charge in [-0.05, 0) is 72.4 Å². The van der Waals surface area contributed by atoms with Gasteiger partial charge < -0.3 is 14.0 Å². The zero-order chi connectivity index (χ0) is 25.5. The molecule has 2 aromatic carbocycles. The predicted molar refractivity (Wildman–Crippen MR) is 118 cm³/mol. The van der Waals surface area contributed by atoms with E-state index in [2.05, 4.69) is 4.18 Å². The number of hydrogen-bond donors (Lipinski definition) is 1. The van der Waals surface area contributed by atoms with E-state index in [4.69, 9.17) is 4.74 Å². The van der Waals surface area contributed by atoms with Gasteiger partial charge in [-0.1, -0.05) is 25.1 Å². The summed E-state index contributed by atoms with van der Waals surface area (Å²) in [6, 6.07) is 9.29. The molecular formula is C24H23F3O7S. The first-order chi connectivity index (χ1) is 16.4. The molecule has 35 heavy (non-hydrogen) atoms. The van der Waals surface area contributed by atoms with E-state index in [0.29, 0.717) is 30.1 Å². The minimum absolute atomic E-state index is 0.143. The third kappa shape index (κ3) is 5.14. The number of alkyl halides is 3. The first kappa shape index (κ1) is 25.0. The summed E-state index contributed by atoms with van der Waals surface area (Å²) < 4.78 is 70.9. The molecule has 1 heterocycles. The molecular weight excluding hydrogens is 489 g/mol. The van der Waals surface area contributed by atoms with Gasteiger partial charge in [0.05, 0.1) is 11.5 Å². The Bertz CT molecular complexity index is 1250. The number of halogens is 3. The number of rotatable bonds is 8. The summed E-state index contributed by atoms with van der Waals surface area (Å²) in [6.07, 6.45) is 2.75. The Hall–Kier alpha value is -3.08. The van der Waals surface area contributed by atoms with Gasteiger partial charge in [-0.3, -0.25) is 9.59 Å². The van der Waals surface area contributed by atoms with Crippen LogP contribution in [0.15, 0.2) is 36.4 Å². The van der Waals surface area contributed by atoms with Crippen LogP contribution < -0.4 is 8.92 Å². The number of aldehydes is 1. The normalized spacial score (nSPS) is 19.7. The minimum Gasteiger partial charge on any atom is -0.485 e. The second-order valence-corrected chi connectivity index (χ2v) is 10.4. The Morgan fingerprint density at radius 2 is 1.89 bits per heavy atom. The van der Waals surface area contributed by atoms with Crippen molar-refractivity contribution in [3.05, 3.63) is 58.7 Å². The molecule has 2 aromatic rings. The molecule has 0 amide bonds.